The molecule has 1 rings (SSSR count). The van der Waals surface area contributed by atoms with Gasteiger partial charge in [0.25, 0.3) is 5.91 Å². The van der Waals surface area contributed by atoms with Crippen molar-refractivity contribution in [3.05, 3.63) is 29.6 Å². The number of benzene rings is 1. The molecule has 0 aliphatic heterocycles. The van der Waals surface area contributed by atoms with Gasteiger partial charge < -0.3 is 16.2 Å². The zero-order valence-electron chi connectivity index (χ0n) is 9.74. The van der Waals surface area contributed by atoms with E-state index in [-0.39, 0.29) is 29.8 Å². The predicted octanol–water partition coefficient (Wildman–Crippen LogP) is 1.30. The molecule has 94 valence electrons. The van der Waals surface area contributed by atoms with E-state index < -0.39 is 5.82 Å². The van der Waals surface area contributed by atoms with Crippen molar-refractivity contribution in [1.82, 2.24) is 5.32 Å². The molecule has 0 aliphatic carbocycles. The third kappa shape index (κ3) is 4.03. The van der Waals surface area contributed by atoms with Crippen LogP contribution in [0.25, 0.3) is 0 Å². The highest BCUT2D eigenvalue weighted by atomic mass is 19.1. The summed E-state index contributed by atoms with van der Waals surface area (Å²) in [4.78, 5) is 11.8. The van der Waals surface area contributed by atoms with Gasteiger partial charge in [-0.15, -0.1) is 0 Å². The molecule has 0 aromatic heterocycles. The fourth-order valence-corrected chi connectivity index (χ4v) is 1.51. The Hall–Kier alpha value is -1.62. The summed E-state index contributed by atoms with van der Waals surface area (Å²) in [6.07, 6.45) is 1.31. The van der Waals surface area contributed by atoms with E-state index in [1.54, 1.807) is 0 Å². The average molecular weight is 240 g/mol. The van der Waals surface area contributed by atoms with E-state index in [0.29, 0.717) is 12.8 Å². The van der Waals surface area contributed by atoms with Crippen molar-refractivity contribution < 1.29 is 14.3 Å². The van der Waals surface area contributed by atoms with Gasteiger partial charge in [-0.05, 0) is 38.0 Å². The van der Waals surface area contributed by atoms with E-state index in [2.05, 4.69) is 5.32 Å². The molecular weight excluding hydrogens is 223 g/mol. The minimum Gasteiger partial charge on any atom is -0.398 e. The standard InChI is InChI=1S/C12H17FN2O2/c1-8(3-2-6-16)15-12(17)10-5-4-9(13)7-11(10)14/h4-5,7-8,16H,2-3,6,14H2,1H3,(H,15,17). The molecule has 0 radical (unpaired) electrons. The van der Waals surface area contributed by atoms with E-state index in [4.69, 9.17) is 10.8 Å². The maximum atomic E-state index is 12.8. The minimum atomic E-state index is -0.465. The predicted molar refractivity (Wildman–Crippen MR) is 64.1 cm³/mol. The summed E-state index contributed by atoms with van der Waals surface area (Å²) in [5, 5.41) is 11.4. The zero-order chi connectivity index (χ0) is 12.8. The monoisotopic (exact) mass is 240 g/mol. The van der Waals surface area contributed by atoms with Crippen LogP contribution in [0.15, 0.2) is 18.2 Å². The second-order valence-corrected chi connectivity index (χ2v) is 3.97. The summed E-state index contributed by atoms with van der Waals surface area (Å²) in [5.41, 5.74) is 5.95. The van der Waals surface area contributed by atoms with Crippen LogP contribution < -0.4 is 11.1 Å². The van der Waals surface area contributed by atoms with Crippen LogP contribution >= 0.6 is 0 Å². The van der Waals surface area contributed by atoms with E-state index in [9.17, 15) is 9.18 Å². The van der Waals surface area contributed by atoms with Gasteiger partial charge in [0.15, 0.2) is 0 Å². The van der Waals surface area contributed by atoms with Crippen molar-refractivity contribution in [3.63, 3.8) is 0 Å². The van der Waals surface area contributed by atoms with Gasteiger partial charge in [-0.25, -0.2) is 4.39 Å². The van der Waals surface area contributed by atoms with Crippen LogP contribution in [0, 0.1) is 5.82 Å². The molecule has 0 fully saturated rings. The average Bonchev–Trinajstić information content (AvgIpc) is 2.26. The maximum absolute atomic E-state index is 12.8. The van der Waals surface area contributed by atoms with Gasteiger partial charge in [0.1, 0.15) is 5.82 Å². The number of carbonyl (C=O) groups excluding carboxylic acids is 1. The lowest BCUT2D eigenvalue weighted by molar-refractivity contribution is 0.0937. The lowest BCUT2D eigenvalue weighted by atomic mass is 10.1. The van der Waals surface area contributed by atoms with Gasteiger partial charge in [0.2, 0.25) is 0 Å². The molecule has 4 nitrogen and oxygen atoms in total. The molecule has 1 aromatic carbocycles. The van der Waals surface area contributed by atoms with Crippen LogP contribution in [-0.2, 0) is 0 Å². The third-order valence-electron chi connectivity index (χ3n) is 2.43. The highest BCUT2D eigenvalue weighted by Gasteiger charge is 2.12. The number of nitrogens with two attached hydrogens (primary N) is 1. The topological polar surface area (TPSA) is 75.3 Å². The third-order valence-corrected chi connectivity index (χ3v) is 2.43. The molecule has 1 atom stereocenters. The molecule has 5 heteroatoms. The first-order chi connectivity index (χ1) is 8.04. The smallest absolute Gasteiger partial charge is 0.253 e. The van der Waals surface area contributed by atoms with E-state index in [0.717, 1.165) is 6.07 Å². The number of hydrogen-bond acceptors (Lipinski definition) is 3. The highest BCUT2D eigenvalue weighted by Crippen LogP contribution is 2.13. The van der Waals surface area contributed by atoms with Crippen molar-refractivity contribution in [3.8, 4) is 0 Å². The maximum Gasteiger partial charge on any atom is 0.253 e. The fraction of sp³-hybridized carbons (Fsp3) is 0.417. The van der Waals surface area contributed by atoms with Crippen LogP contribution in [-0.4, -0.2) is 23.7 Å². The fourth-order valence-electron chi connectivity index (χ4n) is 1.51. The number of halogens is 1. The van der Waals surface area contributed by atoms with Crippen LogP contribution in [0.4, 0.5) is 10.1 Å². The summed E-state index contributed by atoms with van der Waals surface area (Å²) >= 11 is 0. The molecule has 0 bridgehead atoms. The van der Waals surface area contributed by atoms with Crippen molar-refractivity contribution in [1.29, 1.82) is 0 Å². The largest absolute Gasteiger partial charge is 0.398 e. The van der Waals surface area contributed by atoms with Gasteiger partial charge in [0, 0.05) is 18.3 Å². The molecule has 1 amide bonds. The molecule has 0 heterocycles. The number of amides is 1. The summed E-state index contributed by atoms with van der Waals surface area (Å²) < 4.78 is 12.8. The number of anilines is 1. The van der Waals surface area contributed by atoms with Gasteiger partial charge >= 0.3 is 0 Å². The van der Waals surface area contributed by atoms with Crippen LogP contribution in [0.3, 0.4) is 0 Å². The van der Waals surface area contributed by atoms with Crippen LogP contribution in [0.2, 0.25) is 0 Å². The van der Waals surface area contributed by atoms with E-state index in [1.165, 1.54) is 12.1 Å². The summed E-state index contributed by atoms with van der Waals surface area (Å²) in [6.45, 7) is 1.94. The number of nitrogens with one attached hydrogen (secondary N) is 1. The number of nitrogen functional groups attached to an aromatic ring is 1. The first-order valence-corrected chi connectivity index (χ1v) is 5.51. The minimum absolute atomic E-state index is 0.0564. The molecular formula is C12H17FN2O2. The molecule has 0 spiro atoms. The molecule has 0 aliphatic rings. The Morgan fingerprint density at radius 1 is 1.59 bits per heavy atom. The normalized spacial score (nSPS) is 12.2. The van der Waals surface area contributed by atoms with E-state index in [1.807, 2.05) is 6.92 Å². The number of carbonyl (C=O) groups is 1. The highest BCUT2D eigenvalue weighted by molar-refractivity contribution is 5.99. The van der Waals surface area contributed by atoms with Crippen LogP contribution in [0.1, 0.15) is 30.1 Å². The van der Waals surface area contributed by atoms with Gasteiger partial charge in [-0.1, -0.05) is 0 Å². The Bertz CT molecular complexity index is 396. The molecule has 1 aromatic rings. The first-order valence-electron chi connectivity index (χ1n) is 5.51. The molecule has 17 heavy (non-hydrogen) atoms. The SMILES string of the molecule is CC(CCCO)NC(=O)c1ccc(F)cc1N. The van der Waals surface area contributed by atoms with Gasteiger partial charge in [-0.3, -0.25) is 4.79 Å². The second kappa shape index (κ2) is 6.20. The lowest BCUT2D eigenvalue weighted by Crippen LogP contribution is -2.33. The van der Waals surface area contributed by atoms with Gasteiger partial charge in [-0.2, -0.15) is 0 Å². The Morgan fingerprint density at radius 3 is 2.88 bits per heavy atom. The second-order valence-electron chi connectivity index (χ2n) is 3.97. The van der Waals surface area contributed by atoms with Crippen molar-refractivity contribution in [2.75, 3.05) is 12.3 Å². The number of aliphatic hydroxyl groups excluding tert-OH is 1. The molecule has 4 N–H and O–H groups in total. The van der Waals surface area contributed by atoms with Crippen molar-refractivity contribution >= 4 is 11.6 Å². The Labute approximate surface area is 99.6 Å². The van der Waals surface area contributed by atoms with Crippen molar-refractivity contribution in [2.24, 2.45) is 0 Å². The Kier molecular flexibility index (Phi) is 4.90. The quantitative estimate of drug-likeness (QED) is 0.679. The summed E-state index contributed by atoms with van der Waals surface area (Å²) in [7, 11) is 0. The zero-order valence-corrected chi connectivity index (χ0v) is 9.74. The molecule has 1 unspecified atom stereocenters. The number of aliphatic hydroxyl groups is 1. The summed E-state index contributed by atoms with van der Waals surface area (Å²) in [6, 6.07) is 3.62. The summed E-state index contributed by atoms with van der Waals surface area (Å²) in [5.74, 6) is -0.791. The number of hydrogen-bond donors (Lipinski definition) is 3. The molecule has 0 saturated heterocycles. The number of rotatable bonds is 5. The van der Waals surface area contributed by atoms with Gasteiger partial charge in [0.05, 0.1) is 5.56 Å². The lowest BCUT2D eigenvalue weighted by Gasteiger charge is -2.14. The van der Waals surface area contributed by atoms with E-state index >= 15 is 0 Å². The Balaban J connectivity index is 2.63. The first kappa shape index (κ1) is 13.4. The van der Waals surface area contributed by atoms with Crippen molar-refractivity contribution in [2.45, 2.75) is 25.8 Å². The Morgan fingerprint density at radius 2 is 2.29 bits per heavy atom. The molecule has 0 saturated carbocycles. The van der Waals surface area contributed by atoms with Crippen LogP contribution in [0.5, 0.6) is 0 Å².